The van der Waals surface area contributed by atoms with Gasteiger partial charge in [0.1, 0.15) is 11.9 Å². The number of ether oxygens (including phenoxy) is 2. The van der Waals surface area contributed by atoms with E-state index in [4.69, 9.17) is 9.47 Å². The van der Waals surface area contributed by atoms with Crippen LogP contribution in [-0.2, 0) is 11.3 Å². The van der Waals surface area contributed by atoms with Crippen molar-refractivity contribution in [3.63, 3.8) is 0 Å². The van der Waals surface area contributed by atoms with E-state index >= 15 is 0 Å². The Morgan fingerprint density at radius 1 is 1.17 bits per heavy atom. The minimum Gasteiger partial charge on any atom is -0.488 e. The van der Waals surface area contributed by atoms with E-state index in [0.29, 0.717) is 0 Å². The summed E-state index contributed by atoms with van der Waals surface area (Å²) >= 11 is 1.91. The first kappa shape index (κ1) is 16.1. The maximum absolute atomic E-state index is 6.22. The molecule has 1 aromatic carbocycles. The summed E-state index contributed by atoms with van der Waals surface area (Å²) in [5, 5.41) is 0. The predicted molar refractivity (Wildman–Crippen MR) is 97.7 cm³/mol. The first-order chi connectivity index (χ1) is 11.7. The van der Waals surface area contributed by atoms with Crippen LogP contribution in [0.5, 0.6) is 5.75 Å². The summed E-state index contributed by atoms with van der Waals surface area (Å²) in [7, 11) is 0. The number of hydrogen-bond donors (Lipinski definition) is 0. The van der Waals surface area contributed by atoms with Crippen LogP contribution in [0.25, 0.3) is 0 Å². The molecule has 2 saturated heterocycles. The molecule has 4 rings (SSSR count). The van der Waals surface area contributed by atoms with Crippen LogP contribution in [0.2, 0.25) is 0 Å². The Morgan fingerprint density at radius 2 is 1.96 bits per heavy atom. The Bertz CT molecular complexity index is 661. The van der Waals surface area contributed by atoms with Crippen LogP contribution in [0.4, 0.5) is 0 Å². The standard InChI is InChI=1S/C20H25NO2S/c1-16-7-8-19(24-16)14-21-11-9-20(10-12-21)13-18(15-22-20)23-17-5-3-2-4-6-17/h2-8,18H,9-15H2,1H3/t18-/m0/s1. The fourth-order valence-electron chi connectivity index (χ4n) is 3.83. The van der Waals surface area contributed by atoms with Crippen LogP contribution < -0.4 is 4.74 Å². The highest BCUT2D eigenvalue weighted by molar-refractivity contribution is 7.11. The lowest BCUT2D eigenvalue weighted by Gasteiger charge is -2.38. The molecular weight excluding hydrogens is 318 g/mol. The van der Waals surface area contributed by atoms with E-state index in [0.717, 1.165) is 51.3 Å². The molecule has 2 aliphatic heterocycles. The van der Waals surface area contributed by atoms with Gasteiger partial charge in [0.2, 0.25) is 0 Å². The van der Waals surface area contributed by atoms with Crippen molar-refractivity contribution in [2.75, 3.05) is 19.7 Å². The van der Waals surface area contributed by atoms with Gasteiger partial charge in [-0.1, -0.05) is 18.2 Å². The average molecular weight is 343 g/mol. The summed E-state index contributed by atoms with van der Waals surface area (Å²) in [6.07, 6.45) is 3.45. The average Bonchev–Trinajstić information content (AvgIpc) is 3.18. The van der Waals surface area contributed by atoms with Gasteiger partial charge in [-0.25, -0.2) is 0 Å². The van der Waals surface area contributed by atoms with Gasteiger partial charge in [0.05, 0.1) is 12.2 Å². The molecule has 128 valence electrons. The third-order valence-corrected chi connectivity index (χ3v) is 6.15. The highest BCUT2D eigenvalue weighted by atomic mass is 32.1. The molecule has 2 fully saturated rings. The van der Waals surface area contributed by atoms with Crippen LogP contribution in [-0.4, -0.2) is 36.3 Å². The molecule has 0 radical (unpaired) electrons. The number of para-hydroxylation sites is 1. The highest BCUT2D eigenvalue weighted by Gasteiger charge is 2.43. The lowest BCUT2D eigenvalue weighted by atomic mass is 9.88. The van der Waals surface area contributed by atoms with Crippen LogP contribution >= 0.6 is 11.3 Å². The van der Waals surface area contributed by atoms with Crippen molar-refractivity contribution in [1.82, 2.24) is 4.90 Å². The molecule has 0 N–H and O–H groups in total. The van der Waals surface area contributed by atoms with Crippen molar-refractivity contribution in [2.24, 2.45) is 0 Å². The fourth-order valence-corrected chi connectivity index (χ4v) is 4.76. The van der Waals surface area contributed by atoms with Gasteiger partial charge >= 0.3 is 0 Å². The molecule has 24 heavy (non-hydrogen) atoms. The third-order valence-electron chi connectivity index (χ3n) is 5.16. The smallest absolute Gasteiger partial charge is 0.125 e. The molecular formula is C20H25NO2S. The number of aryl methyl sites for hydroxylation is 1. The molecule has 0 aliphatic carbocycles. The zero-order chi connectivity index (χ0) is 16.4. The molecule has 0 unspecified atom stereocenters. The molecule has 2 aromatic rings. The van der Waals surface area contributed by atoms with Gasteiger partial charge in [-0.2, -0.15) is 0 Å². The Kier molecular flexibility index (Phi) is 4.61. The Balaban J connectivity index is 1.29. The van der Waals surface area contributed by atoms with Crippen LogP contribution in [0, 0.1) is 6.92 Å². The van der Waals surface area contributed by atoms with E-state index in [1.54, 1.807) is 0 Å². The van der Waals surface area contributed by atoms with Gasteiger partial charge in [-0.05, 0) is 44.0 Å². The van der Waals surface area contributed by atoms with Gasteiger partial charge < -0.3 is 9.47 Å². The Morgan fingerprint density at radius 3 is 2.67 bits per heavy atom. The zero-order valence-electron chi connectivity index (χ0n) is 14.2. The Hall–Kier alpha value is -1.36. The monoisotopic (exact) mass is 343 g/mol. The second-order valence-electron chi connectivity index (χ2n) is 7.04. The van der Waals surface area contributed by atoms with E-state index in [1.807, 2.05) is 41.7 Å². The summed E-state index contributed by atoms with van der Waals surface area (Å²) in [5.41, 5.74) is 0.0430. The summed E-state index contributed by atoms with van der Waals surface area (Å²) < 4.78 is 12.3. The molecule has 1 spiro atoms. The van der Waals surface area contributed by atoms with Gasteiger partial charge in [-0.15, -0.1) is 11.3 Å². The van der Waals surface area contributed by atoms with Crippen molar-refractivity contribution >= 4 is 11.3 Å². The number of piperidine rings is 1. The second-order valence-corrected chi connectivity index (χ2v) is 8.41. The summed E-state index contributed by atoms with van der Waals surface area (Å²) in [5.74, 6) is 0.952. The Labute approximate surface area is 148 Å². The van der Waals surface area contributed by atoms with E-state index in [2.05, 4.69) is 24.0 Å². The van der Waals surface area contributed by atoms with Crippen molar-refractivity contribution < 1.29 is 9.47 Å². The molecule has 1 atom stereocenters. The molecule has 2 aliphatic rings. The van der Waals surface area contributed by atoms with Crippen molar-refractivity contribution in [1.29, 1.82) is 0 Å². The number of thiophene rings is 1. The molecule has 0 saturated carbocycles. The summed E-state index contributed by atoms with van der Waals surface area (Å²) in [4.78, 5) is 5.44. The lowest BCUT2D eigenvalue weighted by molar-refractivity contribution is -0.0453. The lowest BCUT2D eigenvalue weighted by Crippen LogP contribution is -2.43. The number of likely N-dealkylation sites (tertiary alicyclic amines) is 1. The minimum atomic E-state index is 0.0430. The molecule has 1 aromatic heterocycles. The van der Waals surface area contributed by atoms with Crippen molar-refractivity contribution in [2.45, 2.75) is 44.4 Å². The molecule has 3 heterocycles. The van der Waals surface area contributed by atoms with E-state index in [9.17, 15) is 0 Å². The van der Waals surface area contributed by atoms with Gasteiger partial charge in [0.25, 0.3) is 0 Å². The first-order valence-corrected chi connectivity index (χ1v) is 9.66. The molecule has 0 bridgehead atoms. The molecule has 4 heteroatoms. The number of benzene rings is 1. The largest absolute Gasteiger partial charge is 0.488 e. The van der Waals surface area contributed by atoms with Crippen molar-refractivity contribution in [3.8, 4) is 5.75 Å². The first-order valence-electron chi connectivity index (χ1n) is 8.84. The van der Waals surface area contributed by atoms with E-state index in [1.165, 1.54) is 9.75 Å². The summed E-state index contributed by atoms with van der Waals surface area (Å²) in [6.45, 7) is 6.22. The van der Waals surface area contributed by atoms with Crippen LogP contribution in [0.15, 0.2) is 42.5 Å². The van der Waals surface area contributed by atoms with Crippen LogP contribution in [0.3, 0.4) is 0 Å². The number of hydrogen-bond acceptors (Lipinski definition) is 4. The predicted octanol–water partition coefficient (Wildman–Crippen LogP) is 4.26. The fraction of sp³-hybridized carbons (Fsp3) is 0.500. The number of rotatable bonds is 4. The maximum atomic E-state index is 6.22. The maximum Gasteiger partial charge on any atom is 0.125 e. The molecule has 3 nitrogen and oxygen atoms in total. The quantitative estimate of drug-likeness (QED) is 0.828. The van der Waals surface area contributed by atoms with E-state index < -0.39 is 0 Å². The van der Waals surface area contributed by atoms with Crippen LogP contribution in [0.1, 0.15) is 29.0 Å². The molecule has 0 amide bonds. The third kappa shape index (κ3) is 3.66. The van der Waals surface area contributed by atoms with Gasteiger partial charge in [0.15, 0.2) is 0 Å². The highest BCUT2D eigenvalue weighted by Crippen LogP contribution is 2.37. The zero-order valence-corrected chi connectivity index (χ0v) is 15.1. The number of nitrogens with zero attached hydrogens (tertiary/aromatic N) is 1. The van der Waals surface area contributed by atoms with E-state index in [-0.39, 0.29) is 11.7 Å². The minimum absolute atomic E-state index is 0.0430. The topological polar surface area (TPSA) is 21.7 Å². The van der Waals surface area contributed by atoms with Gasteiger partial charge in [0, 0.05) is 35.8 Å². The SMILES string of the molecule is Cc1ccc(CN2CCC3(CC2)C[C@H](Oc2ccccc2)CO3)s1. The second kappa shape index (κ2) is 6.87. The van der Waals surface area contributed by atoms with Crippen molar-refractivity contribution in [3.05, 3.63) is 52.2 Å². The summed E-state index contributed by atoms with van der Waals surface area (Å²) in [6, 6.07) is 14.6. The van der Waals surface area contributed by atoms with Gasteiger partial charge in [-0.3, -0.25) is 4.90 Å². The normalized spacial score (nSPS) is 23.6.